The molecule has 0 saturated carbocycles. The smallest absolute Gasteiger partial charge is 0.183 e. The molecule has 0 aliphatic carbocycles. The van der Waals surface area contributed by atoms with Crippen LogP contribution in [0.3, 0.4) is 0 Å². The van der Waals surface area contributed by atoms with Gasteiger partial charge in [-0.15, -0.1) is 11.3 Å². The summed E-state index contributed by atoms with van der Waals surface area (Å²) >= 11 is 1.58. The first-order valence-electron chi connectivity index (χ1n) is 4.37. The third-order valence-electron chi connectivity index (χ3n) is 2.27. The van der Waals surface area contributed by atoms with Crippen molar-refractivity contribution in [3.8, 4) is 0 Å². The summed E-state index contributed by atoms with van der Waals surface area (Å²) < 4.78 is 21.8. The number of nitrogens with zero attached hydrogens (tertiary/aromatic N) is 1. The van der Waals surface area contributed by atoms with E-state index in [1.165, 1.54) is 4.88 Å². The number of thiazole rings is 1. The van der Waals surface area contributed by atoms with E-state index in [0.29, 0.717) is 0 Å². The monoisotopic (exact) mass is 232 g/mol. The fourth-order valence-corrected chi connectivity index (χ4v) is 3.54. The molecule has 1 saturated heterocycles. The maximum atomic E-state index is 10.9. The van der Waals surface area contributed by atoms with E-state index in [1.807, 2.05) is 13.8 Å². The fourth-order valence-electron chi connectivity index (χ4n) is 1.36. The van der Waals surface area contributed by atoms with Crippen LogP contribution in [0.2, 0.25) is 0 Å². The Morgan fingerprint density at radius 1 is 1.43 bits per heavy atom. The molecular weight excluding hydrogens is 220 g/mol. The van der Waals surface area contributed by atoms with Crippen LogP contribution in [-0.4, -0.2) is 30.9 Å². The molecule has 2 heterocycles. The molecule has 1 aliphatic heterocycles. The molecule has 0 radical (unpaired) electrons. The number of sulfone groups is 1. The predicted octanol–water partition coefficient (Wildman–Crippen LogP) is 0.969. The third-order valence-corrected chi connectivity index (χ3v) is 5.09. The van der Waals surface area contributed by atoms with Crippen molar-refractivity contribution in [2.75, 3.05) is 16.8 Å². The summed E-state index contributed by atoms with van der Waals surface area (Å²) in [7, 11) is -2.74. The topological polar surface area (TPSA) is 59.1 Å². The van der Waals surface area contributed by atoms with Gasteiger partial charge in [0.15, 0.2) is 15.0 Å². The van der Waals surface area contributed by atoms with E-state index in [2.05, 4.69) is 10.3 Å². The van der Waals surface area contributed by atoms with Gasteiger partial charge in [0.25, 0.3) is 0 Å². The number of hydrogen-bond donors (Lipinski definition) is 1. The van der Waals surface area contributed by atoms with E-state index in [4.69, 9.17) is 0 Å². The van der Waals surface area contributed by atoms with Crippen LogP contribution >= 0.6 is 11.3 Å². The lowest BCUT2D eigenvalue weighted by Crippen LogP contribution is -2.46. The standard InChI is InChI=1S/C8H12N2O2S2/c1-5-6(2)13-8(9-5)10-7-3-14(11,12)4-7/h7H,3-4H2,1-2H3,(H,9,10). The van der Waals surface area contributed by atoms with Crippen molar-refractivity contribution in [1.82, 2.24) is 4.98 Å². The van der Waals surface area contributed by atoms with Crippen molar-refractivity contribution < 1.29 is 8.42 Å². The zero-order valence-electron chi connectivity index (χ0n) is 8.07. The molecule has 0 amide bonds. The number of rotatable bonds is 2. The van der Waals surface area contributed by atoms with E-state index in [1.54, 1.807) is 11.3 Å². The second-order valence-electron chi connectivity index (χ2n) is 3.58. The Kier molecular flexibility index (Phi) is 2.27. The van der Waals surface area contributed by atoms with Crippen molar-refractivity contribution in [2.24, 2.45) is 0 Å². The molecule has 14 heavy (non-hydrogen) atoms. The minimum Gasteiger partial charge on any atom is -0.357 e. The SMILES string of the molecule is Cc1nc(NC2CS(=O)(=O)C2)sc1C. The van der Waals surface area contributed by atoms with Gasteiger partial charge in [0, 0.05) is 4.88 Å². The average molecular weight is 232 g/mol. The van der Waals surface area contributed by atoms with Gasteiger partial charge in [-0.1, -0.05) is 0 Å². The van der Waals surface area contributed by atoms with E-state index >= 15 is 0 Å². The van der Waals surface area contributed by atoms with Gasteiger partial charge < -0.3 is 5.32 Å². The molecule has 0 atom stereocenters. The summed E-state index contributed by atoms with van der Waals surface area (Å²) in [6.07, 6.45) is 0. The summed E-state index contributed by atoms with van der Waals surface area (Å²) in [5.41, 5.74) is 1.01. The first-order chi connectivity index (χ1) is 6.46. The van der Waals surface area contributed by atoms with Crippen LogP contribution in [0.1, 0.15) is 10.6 Å². The van der Waals surface area contributed by atoms with Gasteiger partial charge in [0.05, 0.1) is 23.2 Å². The van der Waals surface area contributed by atoms with Crippen LogP contribution in [0.4, 0.5) is 5.13 Å². The molecule has 2 rings (SSSR count). The Hall–Kier alpha value is -0.620. The first-order valence-corrected chi connectivity index (χ1v) is 7.01. The molecule has 1 aromatic rings. The van der Waals surface area contributed by atoms with Crippen molar-refractivity contribution in [2.45, 2.75) is 19.9 Å². The lowest BCUT2D eigenvalue weighted by atomic mass is 10.4. The zero-order chi connectivity index (χ0) is 10.3. The van der Waals surface area contributed by atoms with E-state index in [9.17, 15) is 8.42 Å². The normalized spacial score (nSPS) is 20.4. The molecule has 4 nitrogen and oxygen atoms in total. The van der Waals surface area contributed by atoms with Gasteiger partial charge in [0.1, 0.15) is 0 Å². The highest BCUT2D eigenvalue weighted by Gasteiger charge is 2.33. The molecule has 6 heteroatoms. The summed E-state index contributed by atoms with van der Waals surface area (Å²) in [4.78, 5) is 5.47. The van der Waals surface area contributed by atoms with Crippen LogP contribution in [-0.2, 0) is 9.84 Å². The Morgan fingerprint density at radius 2 is 2.07 bits per heavy atom. The highest BCUT2D eigenvalue weighted by Crippen LogP contribution is 2.24. The predicted molar refractivity (Wildman–Crippen MR) is 57.7 cm³/mol. The molecule has 0 spiro atoms. The molecule has 1 aromatic heterocycles. The summed E-state index contributed by atoms with van der Waals surface area (Å²) in [6, 6.07) is 0.0601. The van der Waals surface area contributed by atoms with Crippen molar-refractivity contribution in [3.05, 3.63) is 10.6 Å². The van der Waals surface area contributed by atoms with Crippen LogP contribution in [0.25, 0.3) is 0 Å². The zero-order valence-corrected chi connectivity index (χ0v) is 9.70. The molecule has 0 unspecified atom stereocenters. The molecule has 1 aliphatic rings. The number of hydrogen-bond acceptors (Lipinski definition) is 5. The highest BCUT2D eigenvalue weighted by atomic mass is 32.2. The lowest BCUT2D eigenvalue weighted by Gasteiger charge is -2.26. The highest BCUT2D eigenvalue weighted by molar-refractivity contribution is 7.92. The van der Waals surface area contributed by atoms with E-state index in [-0.39, 0.29) is 17.5 Å². The minimum absolute atomic E-state index is 0.0601. The average Bonchev–Trinajstić information content (AvgIpc) is 2.27. The molecule has 0 bridgehead atoms. The Labute approximate surface area is 87.3 Å². The Balaban J connectivity index is 2.00. The summed E-state index contributed by atoms with van der Waals surface area (Å²) in [6.45, 7) is 3.96. The summed E-state index contributed by atoms with van der Waals surface area (Å²) in [5.74, 6) is 0.481. The lowest BCUT2D eigenvalue weighted by molar-refractivity contribution is 0.570. The van der Waals surface area contributed by atoms with Gasteiger partial charge in [0.2, 0.25) is 0 Å². The number of anilines is 1. The largest absolute Gasteiger partial charge is 0.357 e. The van der Waals surface area contributed by atoms with Crippen LogP contribution in [0, 0.1) is 13.8 Å². The Morgan fingerprint density at radius 3 is 2.50 bits per heavy atom. The molecule has 78 valence electrons. The van der Waals surface area contributed by atoms with E-state index < -0.39 is 9.84 Å². The minimum atomic E-state index is -2.74. The number of nitrogens with one attached hydrogen (secondary N) is 1. The fraction of sp³-hybridized carbons (Fsp3) is 0.625. The maximum Gasteiger partial charge on any atom is 0.183 e. The van der Waals surface area contributed by atoms with Gasteiger partial charge in [-0.2, -0.15) is 0 Å². The second-order valence-corrected chi connectivity index (χ2v) is 6.94. The number of aryl methyl sites for hydroxylation is 2. The van der Waals surface area contributed by atoms with Crippen LogP contribution in [0.5, 0.6) is 0 Å². The van der Waals surface area contributed by atoms with Crippen molar-refractivity contribution in [1.29, 1.82) is 0 Å². The van der Waals surface area contributed by atoms with Gasteiger partial charge in [-0.3, -0.25) is 0 Å². The first kappa shape index (κ1) is 9.92. The van der Waals surface area contributed by atoms with Gasteiger partial charge >= 0.3 is 0 Å². The van der Waals surface area contributed by atoms with Crippen LogP contribution < -0.4 is 5.32 Å². The van der Waals surface area contributed by atoms with Gasteiger partial charge in [-0.25, -0.2) is 13.4 Å². The number of aromatic nitrogens is 1. The summed E-state index contributed by atoms with van der Waals surface area (Å²) in [5, 5.41) is 3.96. The molecule has 0 aromatic carbocycles. The second kappa shape index (κ2) is 3.20. The molecular formula is C8H12N2O2S2. The molecule has 1 N–H and O–H groups in total. The van der Waals surface area contributed by atoms with Crippen molar-refractivity contribution in [3.63, 3.8) is 0 Å². The Bertz CT molecular complexity index is 418. The van der Waals surface area contributed by atoms with Crippen LogP contribution in [0.15, 0.2) is 0 Å². The van der Waals surface area contributed by atoms with Crippen molar-refractivity contribution >= 4 is 26.3 Å². The maximum absolute atomic E-state index is 10.9. The van der Waals surface area contributed by atoms with Gasteiger partial charge in [-0.05, 0) is 13.8 Å². The third kappa shape index (κ3) is 1.90. The molecule has 1 fully saturated rings. The quantitative estimate of drug-likeness (QED) is 0.825. The van der Waals surface area contributed by atoms with E-state index in [0.717, 1.165) is 10.8 Å².